The van der Waals surface area contributed by atoms with Crippen LogP contribution in [0.1, 0.15) is 25.7 Å². The van der Waals surface area contributed by atoms with E-state index < -0.39 is 11.6 Å². The minimum atomic E-state index is -0.754. The zero-order valence-corrected chi connectivity index (χ0v) is 14.3. The van der Waals surface area contributed by atoms with Crippen LogP contribution in [-0.2, 0) is 4.74 Å². The minimum Gasteiger partial charge on any atom is -0.379 e. The number of hydrogen-bond acceptors (Lipinski definition) is 3. The molecule has 0 unspecified atom stereocenters. The van der Waals surface area contributed by atoms with E-state index >= 15 is 0 Å². The molecule has 1 aromatic carbocycles. The maximum atomic E-state index is 13.8. The van der Waals surface area contributed by atoms with E-state index in [0.717, 1.165) is 70.7 Å². The average Bonchev–Trinajstić information content (AvgIpc) is 2.63. The summed E-state index contributed by atoms with van der Waals surface area (Å²) in [5.41, 5.74) is 0.0175. The van der Waals surface area contributed by atoms with Gasteiger partial charge in [-0.2, -0.15) is 0 Å². The van der Waals surface area contributed by atoms with Crippen molar-refractivity contribution in [2.24, 2.45) is 0 Å². The number of carbonyl (C=O) groups is 1. The number of nitrogens with one attached hydrogen (secondary N) is 1. The Labute approximate surface area is 146 Å². The smallest absolute Gasteiger partial charge is 0.322 e. The number of hydrogen-bond donors (Lipinski definition) is 1. The van der Waals surface area contributed by atoms with Gasteiger partial charge in [0.05, 0.1) is 18.9 Å². The number of ether oxygens (including phenoxy) is 1. The van der Waals surface area contributed by atoms with E-state index in [0.29, 0.717) is 6.54 Å². The lowest BCUT2D eigenvalue weighted by molar-refractivity contribution is 0.0329. The van der Waals surface area contributed by atoms with E-state index in [2.05, 4.69) is 10.2 Å². The molecule has 2 fully saturated rings. The highest BCUT2D eigenvalue weighted by Crippen LogP contribution is 2.22. The number of piperidine rings is 1. The lowest BCUT2D eigenvalue weighted by Gasteiger charge is -2.37. The topological polar surface area (TPSA) is 44.8 Å². The lowest BCUT2D eigenvalue weighted by atomic mass is 9.99. The predicted molar refractivity (Wildman–Crippen MR) is 91.6 cm³/mol. The Hall–Kier alpha value is -1.73. The molecule has 2 aliphatic rings. The molecule has 2 heterocycles. The average molecular weight is 353 g/mol. The van der Waals surface area contributed by atoms with E-state index in [4.69, 9.17) is 4.74 Å². The van der Waals surface area contributed by atoms with Crippen molar-refractivity contribution in [2.45, 2.75) is 31.7 Å². The first kappa shape index (κ1) is 18.1. The summed E-state index contributed by atoms with van der Waals surface area (Å²) in [6.07, 6.45) is 3.92. The van der Waals surface area contributed by atoms with Gasteiger partial charge in [-0.1, -0.05) is 0 Å². The molecule has 7 heteroatoms. The van der Waals surface area contributed by atoms with E-state index in [1.54, 1.807) is 4.90 Å². The van der Waals surface area contributed by atoms with Crippen molar-refractivity contribution in [1.82, 2.24) is 9.80 Å². The van der Waals surface area contributed by atoms with Crippen molar-refractivity contribution in [3.63, 3.8) is 0 Å². The molecule has 1 N–H and O–H groups in total. The van der Waals surface area contributed by atoms with Gasteiger partial charge in [0.15, 0.2) is 0 Å². The highest BCUT2D eigenvalue weighted by atomic mass is 19.1. The van der Waals surface area contributed by atoms with Gasteiger partial charge in [-0.3, -0.25) is 4.90 Å². The van der Waals surface area contributed by atoms with E-state index in [1.807, 2.05) is 0 Å². The summed E-state index contributed by atoms with van der Waals surface area (Å²) in [5, 5.41) is 2.59. The molecule has 0 aliphatic carbocycles. The van der Waals surface area contributed by atoms with E-state index in [-0.39, 0.29) is 17.8 Å². The molecule has 3 rings (SSSR count). The van der Waals surface area contributed by atoms with Gasteiger partial charge in [0, 0.05) is 38.3 Å². The summed E-state index contributed by atoms with van der Waals surface area (Å²) in [6.45, 7) is 4.99. The second-order valence-electron chi connectivity index (χ2n) is 6.64. The highest BCUT2D eigenvalue weighted by molar-refractivity contribution is 5.89. The molecule has 25 heavy (non-hydrogen) atoms. The number of morpholine rings is 1. The third-order valence-electron chi connectivity index (χ3n) is 4.94. The number of benzene rings is 1. The second kappa shape index (κ2) is 8.58. The number of anilines is 1. The van der Waals surface area contributed by atoms with Gasteiger partial charge in [0.1, 0.15) is 11.6 Å². The Kier molecular flexibility index (Phi) is 6.20. The lowest BCUT2D eigenvalue weighted by Crippen LogP contribution is -2.48. The molecule has 0 spiro atoms. The van der Waals surface area contributed by atoms with Crippen LogP contribution < -0.4 is 5.32 Å². The normalized spacial score (nSPS) is 22.0. The summed E-state index contributed by atoms with van der Waals surface area (Å²) in [7, 11) is 0. The first-order valence-electron chi connectivity index (χ1n) is 8.96. The Balaban J connectivity index is 1.58. The molecule has 5 nitrogen and oxygen atoms in total. The molecular formula is C18H25F2N3O2. The quantitative estimate of drug-likeness (QED) is 0.905. The SMILES string of the molecule is O=C(Nc1ccc(F)cc1F)N1CCCC[C@@H]1CCN1CCOCC1. The van der Waals surface area contributed by atoms with Crippen LogP contribution in [0.2, 0.25) is 0 Å². The van der Waals surface area contributed by atoms with Gasteiger partial charge in [0.25, 0.3) is 0 Å². The van der Waals surface area contributed by atoms with Crippen molar-refractivity contribution in [3.05, 3.63) is 29.8 Å². The van der Waals surface area contributed by atoms with Crippen LogP contribution in [0, 0.1) is 11.6 Å². The summed E-state index contributed by atoms with van der Waals surface area (Å²) in [5.74, 6) is -1.41. The fourth-order valence-corrected chi connectivity index (χ4v) is 3.50. The zero-order chi connectivity index (χ0) is 17.6. The maximum Gasteiger partial charge on any atom is 0.322 e. The molecule has 2 saturated heterocycles. The first-order valence-corrected chi connectivity index (χ1v) is 8.96. The second-order valence-corrected chi connectivity index (χ2v) is 6.64. The number of urea groups is 1. The molecule has 0 bridgehead atoms. The fraction of sp³-hybridized carbons (Fsp3) is 0.611. The van der Waals surface area contributed by atoms with Crippen molar-refractivity contribution in [2.75, 3.05) is 44.7 Å². The molecule has 1 aromatic rings. The Morgan fingerprint density at radius 3 is 2.76 bits per heavy atom. The van der Waals surface area contributed by atoms with Crippen LogP contribution in [0.3, 0.4) is 0 Å². The van der Waals surface area contributed by atoms with Crippen LogP contribution in [0.5, 0.6) is 0 Å². The number of likely N-dealkylation sites (tertiary alicyclic amines) is 1. The molecule has 2 aliphatic heterocycles. The monoisotopic (exact) mass is 353 g/mol. The Bertz CT molecular complexity index is 594. The van der Waals surface area contributed by atoms with Gasteiger partial charge in [-0.05, 0) is 37.8 Å². The Morgan fingerprint density at radius 1 is 1.20 bits per heavy atom. The number of nitrogens with zero attached hydrogens (tertiary/aromatic N) is 2. The molecule has 138 valence electrons. The van der Waals surface area contributed by atoms with Crippen molar-refractivity contribution in [1.29, 1.82) is 0 Å². The molecule has 2 amide bonds. The minimum absolute atomic E-state index is 0.0175. The number of rotatable bonds is 4. The van der Waals surface area contributed by atoms with Crippen LogP contribution >= 0.6 is 0 Å². The van der Waals surface area contributed by atoms with Gasteiger partial charge in [-0.25, -0.2) is 13.6 Å². The van der Waals surface area contributed by atoms with Crippen molar-refractivity contribution < 1.29 is 18.3 Å². The largest absolute Gasteiger partial charge is 0.379 e. The summed E-state index contributed by atoms with van der Waals surface area (Å²) in [6, 6.07) is 3.03. The molecule has 0 saturated carbocycles. The Morgan fingerprint density at radius 2 is 2.00 bits per heavy atom. The number of carbonyl (C=O) groups excluding carboxylic acids is 1. The molecule has 0 radical (unpaired) electrons. The predicted octanol–water partition coefficient (Wildman–Crippen LogP) is 3.07. The van der Waals surface area contributed by atoms with E-state index in [1.165, 1.54) is 6.07 Å². The van der Waals surface area contributed by atoms with Crippen molar-refractivity contribution in [3.8, 4) is 0 Å². The van der Waals surface area contributed by atoms with Gasteiger partial charge in [0.2, 0.25) is 0 Å². The van der Waals surface area contributed by atoms with Gasteiger partial charge in [-0.15, -0.1) is 0 Å². The molecular weight excluding hydrogens is 328 g/mol. The summed E-state index contributed by atoms with van der Waals surface area (Å²) in [4.78, 5) is 16.7. The highest BCUT2D eigenvalue weighted by Gasteiger charge is 2.27. The third kappa shape index (κ3) is 4.89. The standard InChI is InChI=1S/C18H25F2N3O2/c19-14-4-5-17(16(20)13-14)21-18(24)23-7-2-1-3-15(23)6-8-22-9-11-25-12-10-22/h4-5,13,15H,1-3,6-12H2,(H,21,24)/t15-/m1/s1. The number of halogens is 2. The maximum absolute atomic E-state index is 13.8. The summed E-state index contributed by atoms with van der Waals surface area (Å²) >= 11 is 0. The van der Waals surface area contributed by atoms with Crippen LogP contribution in [0.4, 0.5) is 19.3 Å². The van der Waals surface area contributed by atoms with Crippen molar-refractivity contribution >= 4 is 11.7 Å². The van der Waals surface area contributed by atoms with Crippen LogP contribution in [-0.4, -0.2) is 61.3 Å². The molecule has 1 atom stereocenters. The fourth-order valence-electron chi connectivity index (χ4n) is 3.50. The van der Waals surface area contributed by atoms with Gasteiger partial charge < -0.3 is 15.0 Å². The van der Waals surface area contributed by atoms with Crippen LogP contribution in [0.25, 0.3) is 0 Å². The number of amides is 2. The third-order valence-corrected chi connectivity index (χ3v) is 4.94. The zero-order valence-electron chi connectivity index (χ0n) is 14.3. The van der Waals surface area contributed by atoms with Gasteiger partial charge >= 0.3 is 6.03 Å². The first-order chi connectivity index (χ1) is 12.1. The van der Waals surface area contributed by atoms with Crippen LogP contribution in [0.15, 0.2) is 18.2 Å². The van der Waals surface area contributed by atoms with E-state index in [9.17, 15) is 13.6 Å². The molecule has 0 aromatic heterocycles. The summed E-state index contributed by atoms with van der Waals surface area (Å²) < 4.78 is 32.1.